The van der Waals surface area contributed by atoms with Gasteiger partial charge in [0.05, 0.1) is 11.6 Å². The standard InChI is InChI=1S/C15H21ClFNO/c1-19-8-7-18-11-15(5-2-6-15)10-12-3-4-13(16)14(17)9-12/h3-4,9,18H,2,5-8,10-11H2,1H3. The summed E-state index contributed by atoms with van der Waals surface area (Å²) in [6.45, 7) is 2.57. The summed E-state index contributed by atoms with van der Waals surface area (Å²) >= 11 is 5.72. The number of hydrogen-bond donors (Lipinski definition) is 1. The molecule has 0 atom stereocenters. The van der Waals surface area contributed by atoms with Crippen LogP contribution in [0.1, 0.15) is 24.8 Å². The van der Waals surface area contributed by atoms with Gasteiger partial charge < -0.3 is 10.1 Å². The maximum atomic E-state index is 13.5. The molecule has 2 rings (SSSR count). The van der Waals surface area contributed by atoms with Gasteiger partial charge in [-0.3, -0.25) is 0 Å². The van der Waals surface area contributed by atoms with E-state index in [2.05, 4.69) is 5.32 Å². The summed E-state index contributed by atoms with van der Waals surface area (Å²) in [6.07, 6.45) is 4.59. The second-order valence-electron chi connectivity index (χ2n) is 5.45. The number of hydrogen-bond acceptors (Lipinski definition) is 2. The maximum Gasteiger partial charge on any atom is 0.142 e. The van der Waals surface area contributed by atoms with Gasteiger partial charge in [-0.2, -0.15) is 0 Å². The van der Waals surface area contributed by atoms with E-state index in [4.69, 9.17) is 16.3 Å². The lowest BCUT2D eigenvalue weighted by Gasteiger charge is -2.42. The fraction of sp³-hybridized carbons (Fsp3) is 0.600. The summed E-state index contributed by atoms with van der Waals surface area (Å²) < 4.78 is 18.5. The lowest BCUT2D eigenvalue weighted by molar-refractivity contribution is 0.123. The third-order valence-corrected chi connectivity index (χ3v) is 4.27. The minimum atomic E-state index is -0.319. The average Bonchev–Trinajstić information content (AvgIpc) is 2.35. The number of nitrogens with one attached hydrogen (secondary N) is 1. The second-order valence-corrected chi connectivity index (χ2v) is 5.86. The Kier molecular flexibility index (Phi) is 5.20. The monoisotopic (exact) mass is 285 g/mol. The first-order valence-electron chi connectivity index (χ1n) is 6.79. The summed E-state index contributed by atoms with van der Waals surface area (Å²) in [5.41, 5.74) is 1.32. The van der Waals surface area contributed by atoms with Crippen LogP contribution in [0.5, 0.6) is 0 Å². The van der Waals surface area contributed by atoms with Crippen molar-refractivity contribution in [3.8, 4) is 0 Å². The van der Waals surface area contributed by atoms with Gasteiger partial charge in [-0.05, 0) is 42.4 Å². The Morgan fingerprint density at radius 2 is 2.21 bits per heavy atom. The molecule has 1 fully saturated rings. The molecule has 106 valence electrons. The predicted octanol–water partition coefficient (Wildman–Crippen LogP) is 3.43. The van der Waals surface area contributed by atoms with Gasteiger partial charge in [-0.15, -0.1) is 0 Å². The molecule has 19 heavy (non-hydrogen) atoms. The highest BCUT2D eigenvalue weighted by atomic mass is 35.5. The number of rotatable bonds is 7. The molecular weight excluding hydrogens is 265 g/mol. The van der Waals surface area contributed by atoms with E-state index in [1.54, 1.807) is 19.2 Å². The number of halogens is 2. The largest absolute Gasteiger partial charge is 0.383 e. The molecule has 1 saturated carbocycles. The average molecular weight is 286 g/mol. The Hall–Kier alpha value is -0.640. The van der Waals surface area contributed by atoms with Crippen LogP contribution in [0.2, 0.25) is 5.02 Å². The van der Waals surface area contributed by atoms with Crippen LogP contribution < -0.4 is 5.32 Å². The zero-order chi connectivity index (χ0) is 13.7. The summed E-state index contributed by atoms with van der Waals surface area (Å²) in [6, 6.07) is 5.15. The highest BCUT2D eigenvalue weighted by Crippen LogP contribution is 2.43. The Morgan fingerprint density at radius 1 is 1.42 bits per heavy atom. The Balaban J connectivity index is 1.92. The molecule has 0 heterocycles. The molecule has 1 N–H and O–H groups in total. The van der Waals surface area contributed by atoms with Crippen molar-refractivity contribution >= 4 is 11.6 Å². The number of benzene rings is 1. The molecule has 1 aromatic rings. The summed E-state index contributed by atoms with van der Waals surface area (Å²) in [5, 5.41) is 3.63. The van der Waals surface area contributed by atoms with E-state index in [1.807, 2.05) is 6.07 Å². The van der Waals surface area contributed by atoms with E-state index < -0.39 is 0 Å². The van der Waals surface area contributed by atoms with Crippen molar-refractivity contribution in [1.29, 1.82) is 0 Å². The van der Waals surface area contributed by atoms with E-state index in [9.17, 15) is 4.39 Å². The summed E-state index contributed by atoms with van der Waals surface area (Å²) in [7, 11) is 1.71. The van der Waals surface area contributed by atoms with E-state index in [-0.39, 0.29) is 16.3 Å². The van der Waals surface area contributed by atoms with Crippen LogP contribution in [0.4, 0.5) is 4.39 Å². The van der Waals surface area contributed by atoms with Crippen LogP contribution in [0.25, 0.3) is 0 Å². The number of methoxy groups -OCH3 is 1. The zero-order valence-corrected chi connectivity index (χ0v) is 12.1. The van der Waals surface area contributed by atoms with Crippen molar-refractivity contribution < 1.29 is 9.13 Å². The van der Waals surface area contributed by atoms with E-state index >= 15 is 0 Å². The Labute approximate surface area is 119 Å². The first-order valence-corrected chi connectivity index (χ1v) is 7.17. The highest BCUT2D eigenvalue weighted by Gasteiger charge is 2.36. The van der Waals surface area contributed by atoms with Gasteiger partial charge in [-0.1, -0.05) is 24.1 Å². The van der Waals surface area contributed by atoms with Gasteiger partial charge in [-0.25, -0.2) is 4.39 Å². The van der Waals surface area contributed by atoms with Gasteiger partial charge in [0.2, 0.25) is 0 Å². The van der Waals surface area contributed by atoms with Gasteiger partial charge in [0.25, 0.3) is 0 Å². The molecule has 1 aromatic carbocycles. The smallest absolute Gasteiger partial charge is 0.142 e. The quantitative estimate of drug-likeness (QED) is 0.775. The zero-order valence-electron chi connectivity index (χ0n) is 11.3. The van der Waals surface area contributed by atoms with E-state index in [0.29, 0.717) is 0 Å². The van der Waals surface area contributed by atoms with Crippen LogP contribution >= 0.6 is 11.6 Å². The fourth-order valence-corrected chi connectivity index (χ4v) is 2.82. The predicted molar refractivity (Wildman–Crippen MR) is 76.1 cm³/mol. The van der Waals surface area contributed by atoms with E-state index in [0.717, 1.165) is 31.7 Å². The summed E-state index contributed by atoms with van der Waals surface area (Å²) in [4.78, 5) is 0. The molecular formula is C15H21ClFNO. The van der Waals surface area contributed by atoms with Crippen molar-refractivity contribution in [3.63, 3.8) is 0 Å². The first kappa shape index (κ1) is 14.8. The normalized spacial score (nSPS) is 17.2. The van der Waals surface area contributed by atoms with Crippen LogP contribution in [0.15, 0.2) is 18.2 Å². The Bertz CT molecular complexity index is 421. The van der Waals surface area contributed by atoms with Gasteiger partial charge in [0.15, 0.2) is 0 Å². The molecule has 0 unspecified atom stereocenters. The maximum absolute atomic E-state index is 13.5. The van der Waals surface area contributed by atoms with Crippen molar-refractivity contribution in [2.75, 3.05) is 26.8 Å². The van der Waals surface area contributed by atoms with Crippen molar-refractivity contribution in [2.24, 2.45) is 5.41 Å². The third-order valence-electron chi connectivity index (χ3n) is 3.96. The lowest BCUT2D eigenvalue weighted by atomic mass is 9.65. The molecule has 0 amide bonds. The topological polar surface area (TPSA) is 21.3 Å². The van der Waals surface area contributed by atoms with E-state index in [1.165, 1.54) is 19.3 Å². The molecule has 0 radical (unpaired) electrons. The van der Waals surface area contributed by atoms with Crippen LogP contribution in [0.3, 0.4) is 0 Å². The fourth-order valence-electron chi connectivity index (χ4n) is 2.70. The highest BCUT2D eigenvalue weighted by molar-refractivity contribution is 6.30. The van der Waals surface area contributed by atoms with Gasteiger partial charge >= 0.3 is 0 Å². The van der Waals surface area contributed by atoms with Crippen molar-refractivity contribution in [1.82, 2.24) is 5.32 Å². The molecule has 1 aliphatic carbocycles. The minimum Gasteiger partial charge on any atom is -0.383 e. The van der Waals surface area contributed by atoms with Crippen LogP contribution in [-0.4, -0.2) is 26.8 Å². The van der Waals surface area contributed by atoms with Crippen LogP contribution in [0, 0.1) is 11.2 Å². The second kappa shape index (κ2) is 6.69. The number of ether oxygens (including phenoxy) is 1. The molecule has 4 heteroatoms. The SMILES string of the molecule is COCCNCC1(Cc2ccc(Cl)c(F)c2)CCC1. The van der Waals surface area contributed by atoms with Crippen LogP contribution in [-0.2, 0) is 11.2 Å². The third kappa shape index (κ3) is 3.91. The Morgan fingerprint density at radius 3 is 2.79 bits per heavy atom. The molecule has 2 nitrogen and oxygen atoms in total. The molecule has 0 bridgehead atoms. The summed E-state index contributed by atoms with van der Waals surface area (Å²) in [5.74, 6) is -0.319. The minimum absolute atomic E-state index is 0.199. The lowest BCUT2D eigenvalue weighted by Crippen LogP contribution is -2.42. The molecule has 0 spiro atoms. The first-order chi connectivity index (χ1) is 9.15. The van der Waals surface area contributed by atoms with Gasteiger partial charge in [0, 0.05) is 20.2 Å². The van der Waals surface area contributed by atoms with Crippen molar-refractivity contribution in [3.05, 3.63) is 34.6 Å². The van der Waals surface area contributed by atoms with Gasteiger partial charge in [0.1, 0.15) is 5.82 Å². The molecule has 0 aromatic heterocycles. The molecule has 0 saturated heterocycles. The molecule has 0 aliphatic heterocycles. The molecule has 1 aliphatic rings. The van der Waals surface area contributed by atoms with Crippen molar-refractivity contribution in [2.45, 2.75) is 25.7 Å².